The van der Waals surface area contributed by atoms with Crippen molar-refractivity contribution in [1.82, 2.24) is 41.7 Å². The largest absolute Gasteiger partial charge is 0.391 e. The molecule has 0 aromatic heterocycles. The van der Waals surface area contributed by atoms with Crippen LogP contribution in [0.2, 0.25) is 0 Å². The average Bonchev–Trinajstić information content (AvgIpc) is 3.89. The van der Waals surface area contributed by atoms with E-state index in [0.29, 0.717) is 37.9 Å². The Morgan fingerprint density at radius 2 is 1.17 bits per heavy atom. The van der Waals surface area contributed by atoms with Gasteiger partial charge in [-0.15, -0.1) is 0 Å². The van der Waals surface area contributed by atoms with E-state index in [1.807, 2.05) is 20.1 Å². The molecule has 3 saturated heterocycles. The van der Waals surface area contributed by atoms with Gasteiger partial charge >= 0.3 is 0 Å². The Morgan fingerprint density at radius 1 is 0.707 bits per heavy atom. The highest BCUT2D eigenvalue weighted by atomic mass is 32.2. The molecule has 10 atom stereocenters. The molecule has 0 aromatic rings. The molecular weight excluding hydrogens is 775 g/mol. The Kier molecular flexibility index (Phi) is 18.7. The summed E-state index contributed by atoms with van der Waals surface area (Å²) in [6, 6.07) is -8.27. The summed E-state index contributed by atoms with van der Waals surface area (Å²) in [5, 5.41) is 26.2. The Bertz CT molecular complexity index is 1530. The molecule has 3 fully saturated rings. The molecule has 326 valence electrons. The van der Waals surface area contributed by atoms with Gasteiger partial charge in [0.2, 0.25) is 53.2 Å². The predicted octanol–water partition coefficient (Wildman–Crippen LogP) is -1.99. The van der Waals surface area contributed by atoms with Gasteiger partial charge in [-0.3, -0.25) is 43.2 Å². The van der Waals surface area contributed by atoms with Crippen LogP contribution in [0.1, 0.15) is 92.4 Å². The topological polar surface area (TPSA) is 279 Å². The van der Waals surface area contributed by atoms with Gasteiger partial charge in [0.05, 0.1) is 12.6 Å². The van der Waals surface area contributed by atoms with E-state index in [2.05, 4.69) is 31.9 Å². The van der Waals surface area contributed by atoms with Gasteiger partial charge in [-0.05, 0) is 69.3 Å². The second-order valence-corrected chi connectivity index (χ2v) is 16.5. The molecule has 58 heavy (non-hydrogen) atoms. The smallest absolute Gasteiger partial charge is 0.246 e. The van der Waals surface area contributed by atoms with E-state index in [0.717, 1.165) is 0 Å². The number of rotatable bonds is 11. The van der Waals surface area contributed by atoms with E-state index in [1.54, 1.807) is 13.8 Å². The van der Waals surface area contributed by atoms with Crippen molar-refractivity contribution in [1.29, 1.82) is 0 Å². The van der Waals surface area contributed by atoms with Crippen LogP contribution in [0.5, 0.6) is 0 Å². The molecule has 0 aliphatic carbocycles. The summed E-state index contributed by atoms with van der Waals surface area (Å²) in [6.45, 7) is 8.30. The molecule has 20 heteroatoms. The van der Waals surface area contributed by atoms with Crippen LogP contribution in [0.4, 0.5) is 0 Å². The zero-order valence-electron chi connectivity index (χ0n) is 34.5. The van der Waals surface area contributed by atoms with E-state index >= 15 is 0 Å². The Balaban J connectivity index is 2.07. The van der Waals surface area contributed by atoms with Crippen LogP contribution in [-0.2, 0) is 43.2 Å². The van der Waals surface area contributed by atoms with Gasteiger partial charge in [0.1, 0.15) is 42.3 Å². The molecule has 0 radical (unpaired) electrons. The summed E-state index contributed by atoms with van der Waals surface area (Å²) in [6.07, 6.45) is 2.37. The number of carbonyl (C=O) groups is 9. The summed E-state index contributed by atoms with van der Waals surface area (Å²) >= 11 is 1.43. The maximum absolute atomic E-state index is 14.3. The first kappa shape index (κ1) is 47.9. The van der Waals surface area contributed by atoms with Crippen LogP contribution < -0.4 is 37.6 Å². The Labute approximate surface area is 344 Å². The number of aliphatic hydroxyl groups excluding tert-OH is 1. The van der Waals surface area contributed by atoms with Gasteiger partial charge in [-0.2, -0.15) is 11.8 Å². The number of nitrogens with two attached hydrogens (primary N) is 1. The Hall–Kier alpha value is -4.46. The van der Waals surface area contributed by atoms with Crippen LogP contribution in [0, 0.1) is 11.8 Å². The molecule has 0 spiro atoms. The minimum Gasteiger partial charge on any atom is -0.391 e. The molecular formula is C38H63N9O10S. The van der Waals surface area contributed by atoms with Crippen molar-refractivity contribution in [3.05, 3.63) is 0 Å². The summed E-state index contributed by atoms with van der Waals surface area (Å²) in [4.78, 5) is 125. The lowest BCUT2D eigenvalue weighted by Crippen LogP contribution is -2.62. The van der Waals surface area contributed by atoms with Gasteiger partial charge in [0.25, 0.3) is 0 Å². The zero-order chi connectivity index (χ0) is 43.3. The third kappa shape index (κ3) is 12.8. The minimum atomic E-state index is -1.62. The minimum absolute atomic E-state index is 0.177. The number of amides is 9. The maximum Gasteiger partial charge on any atom is 0.246 e. The normalized spacial score (nSPS) is 29.1. The lowest BCUT2D eigenvalue weighted by atomic mass is 9.95. The molecule has 0 aromatic carbocycles. The third-order valence-corrected chi connectivity index (χ3v) is 11.9. The van der Waals surface area contributed by atoms with Crippen molar-refractivity contribution < 1.29 is 48.3 Å². The first-order valence-corrected chi connectivity index (χ1v) is 21.7. The van der Waals surface area contributed by atoms with Gasteiger partial charge in [0.15, 0.2) is 0 Å². The fraction of sp³-hybridized carbons (Fsp3) is 0.763. The maximum atomic E-state index is 14.3. The van der Waals surface area contributed by atoms with Crippen molar-refractivity contribution in [2.24, 2.45) is 17.6 Å². The first-order chi connectivity index (χ1) is 27.4. The molecule has 3 aliphatic heterocycles. The van der Waals surface area contributed by atoms with Crippen molar-refractivity contribution in [3.63, 3.8) is 0 Å². The molecule has 0 bridgehead atoms. The highest BCUT2D eigenvalue weighted by Gasteiger charge is 2.44. The second-order valence-electron chi connectivity index (χ2n) is 15.5. The molecule has 9 N–H and O–H groups in total. The number of nitrogens with zero attached hydrogens (tertiary/aromatic N) is 2. The quantitative estimate of drug-likeness (QED) is 0.113. The molecule has 9 amide bonds. The summed E-state index contributed by atoms with van der Waals surface area (Å²) in [5.41, 5.74) is 5.36. The first-order valence-electron chi connectivity index (χ1n) is 20.3. The standard InChI is InChI=1S/C38H63N9O10S/c1-7-20(3)29-37(56)47-17-10-12-26(47)35(54)44-30(21(4)8-2)38(57)46-16-9-11-25(46)34(53)42-23(13-14-27(39)49)32(51)45-31(22(5)48)36(55)40-19-28(50)41-24(15-18-58-6)33(52)43-29/h20-26,29-31,48H,7-19H2,1-6H3,(H2,39,49)(H,40,55)(H,41,50)(H,42,53)(H,43,52)(H,44,54)(H,45,51)/t20-,21-,22+,23-,24-,25-,26-,29-,30-,31-/m0/s1. The summed E-state index contributed by atoms with van der Waals surface area (Å²) < 4.78 is 0. The fourth-order valence-electron chi connectivity index (χ4n) is 7.34. The summed E-state index contributed by atoms with van der Waals surface area (Å²) in [5.74, 6) is -6.60. The van der Waals surface area contributed by atoms with E-state index in [4.69, 9.17) is 5.73 Å². The lowest BCUT2D eigenvalue weighted by Gasteiger charge is -2.35. The van der Waals surface area contributed by atoms with Gasteiger partial charge in [-0.1, -0.05) is 40.5 Å². The number of nitrogens with one attached hydrogen (secondary N) is 6. The van der Waals surface area contributed by atoms with Crippen LogP contribution in [0.25, 0.3) is 0 Å². The average molecular weight is 838 g/mol. The number of aliphatic hydroxyl groups is 1. The van der Waals surface area contributed by atoms with Crippen LogP contribution in [0.15, 0.2) is 0 Å². The van der Waals surface area contributed by atoms with Gasteiger partial charge < -0.3 is 52.5 Å². The van der Waals surface area contributed by atoms with Crippen LogP contribution in [0.3, 0.4) is 0 Å². The molecule has 3 rings (SSSR count). The van der Waals surface area contributed by atoms with E-state index in [9.17, 15) is 48.3 Å². The van der Waals surface area contributed by atoms with Gasteiger partial charge in [-0.25, -0.2) is 0 Å². The number of carbonyl (C=O) groups excluding carboxylic acids is 9. The van der Waals surface area contributed by atoms with Crippen LogP contribution >= 0.6 is 11.8 Å². The highest BCUT2D eigenvalue weighted by Crippen LogP contribution is 2.25. The second kappa shape index (κ2) is 22.6. The number of hydrogen-bond donors (Lipinski definition) is 8. The van der Waals surface area contributed by atoms with Gasteiger partial charge in [0, 0.05) is 19.5 Å². The van der Waals surface area contributed by atoms with Crippen molar-refractivity contribution in [3.8, 4) is 0 Å². The predicted molar refractivity (Wildman–Crippen MR) is 214 cm³/mol. The Morgan fingerprint density at radius 3 is 1.64 bits per heavy atom. The number of hydrogen-bond acceptors (Lipinski definition) is 11. The molecule has 3 aliphatic rings. The molecule has 19 nitrogen and oxygen atoms in total. The molecule has 0 unspecified atom stereocenters. The highest BCUT2D eigenvalue weighted by molar-refractivity contribution is 7.98. The van der Waals surface area contributed by atoms with Crippen molar-refractivity contribution >= 4 is 64.9 Å². The summed E-state index contributed by atoms with van der Waals surface area (Å²) in [7, 11) is 0. The molecule has 0 saturated carbocycles. The third-order valence-electron chi connectivity index (χ3n) is 11.3. The number of thioether (sulfide) groups is 1. The lowest BCUT2D eigenvalue weighted by molar-refractivity contribution is -0.146. The van der Waals surface area contributed by atoms with E-state index < -0.39 is 108 Å². The monoisotopic (exact) mass is 837 g/mol. The SMILES string of the molecule is CC[C@H](C)[C@@H]1NC(=O)[C@H](CCSC)NC(=O)CNC(=O)[C@H]([C@@H](C)O)NC(=O)[C@H](CCC(N)=O)NC(=O)[C@@H]2CCCN2C(=O)[C@H]([C@@H](C)CC)NC(=O)[C@@H]2CCCN2C1=O. The van der Waals surface area contributed by atoms with E-state index in [-0.39, 0.29) is 50.6 Å². The van der Waals surface area contributed by atoms with E-state index in [1.165, 1.54) is 28.5 Å². The van der Waals surface area contributed by atoms with Crippen molar-refractivity contribution in [2.75, 3.05) is 31.6 Å². The zero-order valence-corrected chi connectivity index (χ0v) is 35.3. The number of primary amides is 1. The molecule has 3 heterocycles. The van der Waals surface area contributed by atoms with Crippen molar-refractivity contribution in [2.45, 2.75) is 141 Å². The van der Waals surface area contributed by atoms with Crippen LogP contribution in [-0.4, -0.2) is 148 Å². The fourth-order valence-corrected chi connectivity index (χ4v) is 7.81. The number of fused-ring (bicyclic) bond motifs is 2.